The summed E-state index contributed by atoms with van der Waals surface area (Å²) in [6, 6.07) is 0. The number of aromatic hydroxyl groups is 1. The van der Waals surface area contributed by atoms with Crippen molar-refractivity contribution in [3.05, 3.63) is 22.3 Å². The van der Waals surface area contributed by atoms with Gasteiger partial charge in [-0.25, -0.2) is 0 Å². The van der Waals surface area contributed by atoms with Gasteiger partial charge in [0.25, 0.3) is 0 Å². The molecule has 2 unspecified atom stereocenters. The molecule has 1 heterocycles. The summed E-state index contributed by atoms with van der Waals surface area (Å²) >= 11 is 0. The molecule has 3 N–H and O–H groups in total. The first kappa shape index (κ1) is 17.1. The molecule has 0 radical (unpaired) electrons. The molecule has 0 saturated heterocycles. The van der Waals surface area contributed by atoms with E-state index < -0.39 is 18.0 Å². The Kier molecular flexibility index (Phi) is 4.44. The highest BCUT2D eigenvalue weighted by molar-refractivity contribution is 5.58. The fourth-order valence-electron chi connectivity index (χ4n) is 2.75. The highest BCUT2D eigenvalue weighted by Crippen LogP contribution is 2.43. The number of rotatable bonds is 4. The van der Waals surface area contributed by atoms with E-state index in [1.165, 1.54) is 6.92 Å². The largest absolute Gasteiger partial charge is 0.507 e. The lowest BCUT2D eigenvalue weighted by atomic mass is 9.87. The molecule has 0 aliphatic carbocycles. The van der Waals surface area contributed by atoms with E-state index in [-0.39, 0.29) is 6.61 Å². The summed E-state index contributed by atoms with van der Waals surface area (Å²) in [5.41, 5.74) is 3.07. The van der Waals surface area contributed by atoms with Crippen LogP contribution in [0.5, 0.6) is 11.5 Å². The molecule has 1 aromatic carbocycles. The van der Waals surface area contributed by atoms with Crippen LogP contribution in [0.1, 0.15) is 42.5 Å². The van der Waals surface area contributed by atoms with Crippen molar-refractivity contribution in [2.75, 3.05) is 13.2 Å². The summed E-state index contributed by atoms with van der Waals surface area (Å²) < 4.78 is 11.6. The van der Waals surface area contributed by atoms with Crippen molar-refractivity contribution in [3.63, 3.8) is 0 Å². The van der Waals surface area contributed by atoms with Crippen LogP contribution in [-0.4, -0.2) is 39.9 Å². The molecule has 1 aliphatic rings. The SMILES string of the molecule is Cc1c(C)c2c(c(C)c1O)CCC(C)(COC(C)(O)CO)O2. The minimum absolute atomic E-state index is 0.179. The highest BCUT2D eigenvalue weighted by atomic mass is 16.6. The van der Waals surface area contributed by atoms with E-state index in [1.54, 1.807) is 0 Å². The monoisotopic (exact) mass is 310 g/mol. The lowest BCUT2D eigenvalue weighted by molar-refractivity contribution is -0.231. The number of hydrogen-bond acceptors (Lipinski definition) is 5. The summed E-state index contributed by atoms with van der Waals surface area (Å²) in [5, 5.41) is 29.0. The Bertz CT molecular complexity index is 579. The number of hydrogen-bond donors (Lipinski definition) is 3. The second kappa shape index (κ2) is 5.72. The van der Waals surface area contributed by atoms with E-state index in [0.717, 1.165) is 34.4 Å². The van der Waals surface area contributed by atoms with Gasteiger partial charge in [-0.05, 0) is 64.2 Å². The third-order valence-corrected chi connectivity index (χ3v) is 4.57. The Labute approximate surface area is 131 Å². The smallest absolute Gasteiger partial charge is 0.186 e. The first-order valence-corrected chi connectivity index (χ1v) is 7.58. The van der Waals surface area contributed by atoms with Gasteiger partial charge in [0.2, 0.25) is 0 Å². The van der Waals surface area contributed by atoms with Gasteiger partial charge in [0.1, 0.15) is 17.1 Å². The van der Waals surface area contributed by atoms with Crippen LogP contribution in [0.15, 0.2) is 0 Å². The van der Waals surface area contributed by atoms with Gasteiger partial charge in [0.05, 0.1) is 13.2 Å². The lowest BCUT2D eigenvalue weighted by Crippen LogP contribution is -2.45. The Balaban J connectivity index is 2.28. The molecular weight excluding hydrogens is 284 g/mol. The maximum absolute atomic E-state index is 10.2. The van der Waals surface area contributed by atoms with E-state index in [2.05, 4.69) is 0 Å². The van der Waals surface area contributed by atoms with Gasteiger partial charge in [-0.2, -0.15) is 0 Å². The first-order valence-electron chi connectivity index (χ1n) is 7.58. The van der Waals surface area contributed by atoms with E-state index in [9.17, 15) is 10.2 Å². The number of aliphatic hydroxyl groups excluding tert-OH is 1. The minimum Gasteiger partial charge on any atom is -0.507 e. The summed E-state index contributed by atoms with van der Waals surface area (Å²) in [5.74, 6) is -0.431. The van der Waals surface area contributed by atoms with Crippen molar-refractivity contribution in [2.24, 2.45) is 0 Å². The van der Waals surface area contributed by atoms with E-state index >= 15 is 0 Å². The van der Waals surface area contributed by atoms with E-state index in [0.29, 0.717) is 12.2 Å². The number of aliphatic hydroxyl groups is 2. The lowest BCUT2D eigenvalue weighted by Gasteiger charge is -2.39. The fraction of sp³-hybridized carbons (Fsp3) is 0.647. The quantitative estimate of drug-likeness (QED) is 0.742. The van der Waals surface area contributed by atoms with Gasteiger partial charge in [-0.15, -0.1) is 0 Å². The first-order chi connectivity index (χ1) is 10.1. The summed E-state index contributed by atoms with van der Waals surface area (Å²) in [7, 11) is 0. The average molecular weight is 310 g/mol. The van der Waals surface area contributed by atoms with E-state index in [4.69, 9.17) is 14.6 Å². The Morgan fingerprint density at radius 1 is 1.23 bits per heavy atom. The van der Waals surface area contributed by atoms with Crippen LogP contribution in [0.2, 0.25) is 0 Å². The van der Waals surface area contributed by atoms with Gasteiger partial charge in [-0.3, -0.25) is 0 Å². The molecule has 0 bridgehead atoms. The number of fused-ring (bicyclic) bond motifs is 1. The van der Waals surface area contributed by atoms with Crippen LogP contribution >= 0.6 is 0 Å². The van der Waals surface area contributed by atoms with Crippen molar-refractivity contribution >= 4 is 0 Å². The van der Waals surface area contributed by atoms with Crippen LogP contribution in [0, 0.1) is 20.8 Å². The minimum atomic E-state index is -1.57. The van der Waals surface area contributed by atoms with Crippen LogP contribution in [0.25, 0.3) is 0 Å². The Hall–Kier alpha value is -1.30. The van der Waals surface area contributed by atoms with Crippen molar-refractivity contribution in [1.82, 2.24) is 0 Å². The zero-order chi connectivity index (χ0) is 16.7. The predicted octanol–water partition coefficient (Wildman–Crippen LogP) is 2.12. The zero-order valence-corrected chi connectivity index (χ0v) is 14.0. The number of ether oxygens (including phenoxy) is 2. The van der Waals surface area contributed by atoms with Crippen LogP contribution in [0.3, 0.4) is 0 Å². The molecule has 2 atom stereocenters. The van der Waals surface area contributed by atoms with Crippen molar-refractivity contribution in [2.45, 2.75) is 58.8 Å². The molecule has 0 saturated carbocycles. The molecule has 5 heteroatoms. The molecule has 0 amide bonds. The molecule has 5 nitrogen and oxygen atoms in total. The zero-order valence-electron chi connectivity index (χ0n) is 14.0. The molecule has 0 fully saturated rings. The standard InChI is InChI=1S/C17H26O5/c1-10-11(2)15-13(12(3)14(10)19)6-7-16(4,22-15)9-21-17(5,20)8-18/h18-20H,6-9H2,1-5H3. The summed E-state index contributed by atoms with van der Waals surface area (Å²) in [6.45, 7) is 8.78. The molecule has 124 valence electrons. The third-order valence-electron chi connectivity index (χ3n) is 4.57. The maximum Gasteiger partial charge on any atom is 0.186 e. The summed E-state index contributed by atoms with van der Waals surface area (Å²) in [4.78, 5) is 0. The van der Waals surface area contributed by atoms with Gasteiger partial charge in [-0.1, -0.05) is 0 Å². The molecule has 0 aromatic heterocycles. The Morgan fingerprint density at radius 2 is 1.86 bits per heavy atom. The summed E-state index contributed by atoms with van der Waals surface area (Å²) in [6.07, 6.45) is 1.49. The van der Waals surface area contributed by atoms with Crippen LogP contribution in [-0.2, 0) is 11.2 Å². The second-order valence-electron chi connectivity index (χ2n) is 6.71. The normalized spacial score (nSPS) is 23.6. The second-order valence-corrected chi connectivity index (χ2v) is 6.71. The molecule has 1 aliphatic heterocycles. The van der Waals surface area contributed by atoms with Crippen LogP contribution < -0.4 is 4.74 Å². The molecule has 2 rings (SSSR count). The van der Waals surface area contributed by atoms with Crippen molar-refractivity contribution in [3.8, 4) is 11.5 Å². The maximum atomic E-state index is 10.2. The van der Waals surface area contributed by atoms with Gasteiger partial charge < -0.3 is 24.8 Å². The van der Waals surface area contributed by atoms with Gasteiger partial charge >= 0.3 is 0 Å². The predicted molar refractivity (Wildman–Crippen MR) is 83.3 cm³/mol. The molecule has 1 aromatic rings. The van der Waals surface area contributed by atoms with Gasteiger partial charge in [0, 0.05) is 5.56 Å². The molecular formula is C17H26O5. The Morgan fingerprint density at radius 3 is 2.45 bits per heavy atom. The number of benzene rings is 1. The number of phenols is 1. The number of phenolic OH excluding ortho intramolecular Hbond substituents is 1. The van der Waals surface area contributed by atoms with Gasteiger partial charge in [0.15, 0.2) is 5.79 Å². The third kappa shape index (κ3) is 3.07. The molecule has 22 heavy (non-hydrogen) atoms. The van der Waals surface area contributed by atoms with Crippen LogP contribution in [0.4, 0.5) is 0 Å². The topological polar surface area (TPSA) is 79.2 Å². The van der Waals surface area contributed by atoms with Crippen molar-refractivity contribution < 1.29 is 24.8 Å². The molecule has 0 spiro atoms. The van der Waals surface area contributed by atoms with Crippen molar-refractivity contribution in [1.29, 1.82) is 0 Å². The highest BCUT2D eigenvalue weighted by Gasteiger charge is 2.36. The average Bonchev–Trinajstić information content (AvgIpc) is 2.49. The fourth-order valence-corrected chi connectivity index (χ4v) is 2.75. The van der Waals surface area contributed by atoms with E-state index in [1.807, 2.05) is 27.7 Å².